The fourth-order valence-electron chi connectivity index (χ4n) is 4.45. The Morgan fingerprint density at radius 1 is 1.11 bits per heavy atom. The fourth-order valence-corrected chi connectivity index (χ4v) is 4.45. The number of ether oxygens (including phenoxy) is 2. The molecular formula is C31H35NO4. The van der Waals surface area contributed by atoms with Crippen molar-refractivity contribution in [1.29, 1.82) is 0 Å². The Kier molecular flexibility index (Phi) is 8.11. The van der Waals surface area contributed by atoms with Gasteiger partial charge in [-0.2, -0.15) is 0 Å². The summed E-state index contributed by atoms with van der Waals surface area (Å²) in [4.78, 5) is 12.6. The van der Waals surface area contributed by atoms with Crippen LogP contribution < -0.4 is 10.1 Å². The van der Waals surface area contributed by atoms with Crippen LogP contribution in [0.3, 0.4) is 0 Å². The van der Waals surface area contributed by atoms with E-state index in [-0.39, 0.29) is 12.0 Å². The van der Waals surface area contributed by atoms with Crippen molar-refractivity contribution < 1.29 is 18.7 Å². The summed E-state index contributed by atoms with van der Waals surface area (Å²) in [7, 11) is 0. The van der Waals surface area contributed by atoms with E-state index >= 15 is 0 Å². The molecule has 0 aliphatic carbocycles. The molecule has 0 spiro atoms. The molecule has 5 nitrogen and oxygen atoms in total. The second-order valence-corrected chi connectivity index (χ2v) is 9.29. The van der Waals surface area contributed by atoms with E-state index in [4.69, 9.17) is 13.9 Å². The summed E-state index contributed by atoms with van der Waals surface area (Å²) in [5.74, 6) is 0.621. The number of amides is 1. The molecule has 0 aliphatic rings. The predicted molar refractivity (Wildman–Crippen MR) is 147 cm³/mol. The van der Waals surface area contributed by atoms with Crippen molar-refractivity contribution in [2.75, 3.05) is 19.8 Å². The number of hydrogen-bond donors (Lipinski definition) is 1. The molecule has 1 aromatic heterocycles. The molecular weight excluding hydrogens is 450 g/mol. The number of benzene rings is 3. The molecule has 0 bridgehead atoms. The maximum atomic E-state index is 12.6. The van der Waals surface area contributed by atoms with Crippen molar-refractivity contribution in [3.8, 4) is 16.9 Å². The highest BCUT2D eigenvalue weighted by Gasteiger charge is 2.19. The van der Waals surface area contributed by atoms with Crippen molar-refractivity contribution in [3.63, 3.8) is 0 Å². The van der Waals surface area contributed by atoms with Crippen LogP contribution in [0.5, 0.6) is 5.75 Å². The summed E-state index contributed by atoms with van der Waals surface area (Å²) in [6, 6.07) is 16.8. The van der Waals surface area contributed by atoms with Crippen LogP contribution in [0.15, 0.2) is 65.3 Å². The minimum Gasteiger partial charge on any atom is -0.493 e. The standard InChI is InChI=1S/C31H35NO4/c1-6-34-30-22(5)31-27(18-26(30)21(4)16-29(33)32-14-9-15-35-20(2)3)28(19-36-31)25-13-12-23-10-7-8-11-24(23)17-25/h7-8,10-13,16-20H,6,9,14-15H2,1-5H3,(H,32,33)/b21-16+. The molecule has 1 N–H and O–H groups in total. The Hall–Kier alpha value is -3.57. The molecule has 36 heavy (non-hydrogen) atoms. The quantitative estimate of drug-likeness (QED) is 0.189. The largest absolute Gasteiger partial charge is 0.493 e. The molecule has 0 aliphatic heterocycles. The number of allylic oxidation sites excluding steroid dienone is 1. The smallest absolute Gasteiger partial charge is 0.244 e. The number of aryl methyl sites for hydroxylation is 1. The van der Waals surface area contributed by atoms with E-state index in [1.54, 1.807) is 6.08 Å². The average Bonchev–Trinajstić information content (AvgIpc) is 3.29. The molecule has 188 valence electrons. The lowest BCUT2D eigenvalue weighted by Gasteiger charge is -2.15. The predicted octanol–water partition coefficient (Wildman–Crippen LogP) is 7.29. The zero-order chi connectivity index (χ0) is 25.7. The molecule has 0 saturated carbocycles. The van der Waals surface area contributed by atoms with Gasteiger partial charge in [-0.3, -0.25) is 4.79 Å². The van der Waals surface area contributed by atoms with Crippen molar-refractivity contribution >= 4 is 33.2 Å². The van der Waals surface area contributed by atoms with Gasteiger partial charge < -0.3 is 19.2 Å². The Balaban J connectivity index is 1.68. The van der Waals surface area contributed by atoms with E-state index in [1.165, 1.54) is 10.8 Å². The molecule has 5 heteroatoms. The zero-order valence-electron chi connectivity index (χ0n) is 21.8. The molecule has 1 amide bonds. The SMILES string of the molecule is CCOc1c(/C(C)=C/C(=O)NCCCOC(C)C)cc2c(-c3ccc4ccccc4c3)coc2c1C. The molecule has 3 aromatic carbocycles. The monoisotopic (exact) mass is 485 g/mol. The molecule has 4 aromatic rings. The van der Waals surface area contributed by atoms with E-state index in [0.29, 0.717) is 19.8 Å². The normalized spacial score (nSPS) is 12.0. The fraction of sp³-hybridized carbons (Fsp3) is 0.323. The van der Waals surface area contributed by atoms with Gasteiger partial charge in [-0.1, -0.05) is 36.4 Å². The van der Waals surface area contributed by atoms with Gasteiger partial charge in [0.2, 0.25) is 5.91 Å². The number of fused-ring (bicyclic) bond motifs is 2. The number of rotatable bonds is 10. The third kappa shape index (κ3) is 5.63. The Labute approximate surface area is 213 Å². The van der Waals surface area contributed by atoms with E-state index in [9.17, 15) is 4.79 Å². The van der Waals surface area contributed by atoms with Crippen molar-refractivity contribution in [2.24, 2.45) is 0 Å². The third-order valence-corrected chi connectivity index (χ3v) is 6.24. The third-order valence-electron chi connectivity index (χ3n) is 6.24. The van der Waals surface area contributed by atoms with Crippen LogP contribution in [0.25, 0.3) is 38.4 Å². The highest BCUT2D eigenvalue weighted by molar-refractivity contribution is 6.02. The highest BCUT2D eigenvalue weighted by Crippen LogP contribution is 2.41. The van der Waals surface area contributed by atoms with Crippen LogP contribution in [0.4, 0.5) is 0 Å². The summed E-state index contributed by atoms with van der Waals surface area (Å²) in [6.07, 6.45) is 4.42. The van der Waals surface area contributed by atoms with Gasteiger partial charge in [0.15, 0.2) is 0 Å². The van der Waals surface area contributed by atoms with E-state index in [1.807, 2.05) is 53.0 Å². The van der Waals surface area contributed by atoms with Crippen molar-refractivity contribution in [1.82, 2.24) is 5.32 Å². The lowest BCUT2D eigenvalue weighted by atomic mass is 9.95. The van der Waals surface area contributed by atoms with Gasteiger partial charge in [0.25, 0.3) is 0 Å². The summed E-state index contributed by atoms with van der Waals surface area (Å²) in [6.45, 7) is 11.6. The van der Waals surface area contributed by atoms with Crippen LogP contribution in [0, 0.1) is 6.92 Å². The first kappa shape index (κ1) is 25.5. The minimum absolute atomic E-state index is 0.126. The second kappa shape index (κ2) is 11.4. The first-order chi connectivity index (χ1) is 17.4. The Bertz CT molecular complexity index is 1400. The van der Waals surface area contributed by atoms with Crippen molar-refractivity contribution in [2.45, 2.75) is 47.1 Å². The summed E-state index contributed by atoms with van der Waals surface area (Å²) < 4.78 is 17.6. The molecule has 0 fully saturated rings. The van der Waals surface area contributed by atoms with Gasteiger partial charge in [0, 0.05) is 41.3 Å². The van der Waals surface area contributed by atoms with Gasteiger partial charge in [0.1, 0.15) is 11.3 Å². The van der Waals surface area contributed by atoms with Crippen LogP contribution in [-0.2, 0) is 9.53 Å². The number of carbonyl (C=O) groups is 1. The number of nitrogens with one attached hydrogen (secondary N) is 1. The maximum Gasteiger partial charge on any atom is 0.244 e. The van der Waals surface area contributed by atoms with Gasteiger partial charge in [-0.25, -0.2) is 0 Å². The van der Waals surface area contributed by atoms with Crippen LogP contribution in [-0.4, -0.2) is 31.8 Å². The average molecular weight is 486 g/mol. The molecule has 0 saturated heterocycles. The maximum absolute atomic E-state index is 12.6. The molecule has 1 heterocycles. The van der Waals surface area contributed by atoms with Gasteiger partial charge in [-0.05, 0) is 75.1 Å². The van der Waals surface area contributed by atoms with E-state index in [2.05, 4.69) is 41.7 Å². The summed E-state index contributed by atoms with van der Waals surface area (Å²) >= 11 is 0. The lowest BCUT2D eigenvalue weighted by Crippen LogP contribution is -2.23. The first-order valence-corrected chi connectivity index (χ1v) is 12.6. The topological polar surface area (TPSA) is 60.7 Å². The summed E-state index contributed by atoms with van der Waals surface area (Å²) in [5.41, 5.74) is 5.56. The van der Waals surface area contributed by atoms with E-state index < -0.39 is 0 Å². The first-order valence-electron chi connectivity index (χ1n) is 12.6. The Morgan fingerprint density at radius 2 is 1.89 bits per heavy atom. The number of furan rings is 1. The van der Waals surface area contributed by atoms with E-state index in [0.717, 1.165) is 51.0 Å². The highest BCUT2D eigenvalue weighted by atomic mass is 16.5. The van der Waals surface area contributed by atoms with Gasteiger partial charge in [0.05, 0.1) is 19.0 Å². The number of hydrogen-bond acceptors (Lipinski definition) is 4. The van der Waals surface area contributed by atoms with Crippen molar-refractivity contribution in [3.05, 3.63) is 72.0 Å². The van der Waals surface area contributed by atoms with Gasteiger partial charge in [-0.15, -0.1) is 0 Å². The van der Waals surface area contributed by atoms with Crippen LogP contribution in [0.2, 0.25) is 0 Å². The second-order valence-electron chi connectivity index (χ2n) is 9.29. The molecule has 4 rings (SSSR count). The lowest BCUT2D eigenvalue weighted by molar-refractivity contribution is -0.116. The van der Waals surface area contributed by atoms with Crippen LogP contribution >= 0.6 is 0 Å². The molecule has 0 radical (unpaired) electrons. The molecule has 0 atom stereocenters. The van der Waals surface area contributed by atoms with Crippen LogP contribution in [0.1, 0.15) is 45.2 Å². The molecule has 0 unspecified atom stereocenters. The minimum atomic E-state index is -0.126. The number of carbonyl (C=O) groups excluding carboxylic acids is 1. The summed E-state index contributed by atoms with van der Waals surface area (Å²) in [5, 5.41) is 6.33. The Morgan fingerprint density at radius 3 is 2.64 bits per heavy atom. The zero-order valence-corrected chi connectivity index (χ0v) is 21.8. The van der Waals surface area contributed by atoms with Gasteiger partial charge >= 0.3 is 0 Å².